The first-order valence-electron chi connectivity index (χ1n) is 7.64. The second-order valence-electron chi connectivity index (χ2n) is 5.51. The van der Waals surface area contributed by atoms with Gasteiger partial charge in [-0.25, -0.2) is 4.68 Å². The minimum Gasteiger partial charge on any atom is -0.504 e. The van der Waals surface area contributed by atoms with Crippen molar-refractivity contribution in [2.45, 2.75) is 26.7 Å². The monoisotopic (exact) mass is 292 g/mol. The fraction of sp³-hybridized carbons (Fsp3) is 0.211. The minimum atomic E-state index is 0.286. The Hall–Kier alpha value is -2.55. The number of hydrogen-bond donors (Lipinski definition) is 1. The molecule has 0 unspecified atom stereocenters. The van der Waals surface area contributed by atoms with E-state index < -0.39 is 0 Å². The van der Waals surface area contributed by atoms with Crippen LogP contribution >= 0.6 is 0 Å². The Balaban J connectivity index is 2.20. The Bertz CT molecular complexity index is 758. The van der Waals surface area contributed by atoms with Crippen LogP contribution in [0.2, 0.25) is 0 Å². The van der Waals surface area contributed by atoms with Gasteiger partial charge < -0.3 is 5.11 Å². The summed E-state index contributed by atoms with van der Waals surface area (Å²) >= 11 is 0. The molecule has 3 heteroatoms. The van der Waals surface area contributed by atoms with Crippen LogP contribution in [0.4, 0.5) is 0 Å². The lowest BCUT2D eigenvalue weighted by Gasteiger charge is -2.08. The van der Waals surface area contributed by atoms with Gasteiger partial charge in [0.15, 0.2) is 5.75 Å². The highest BCUT2D eigenvalue weighted by atomic mass is 16.3. The third kappa shape index (κ3) is 2.62. The first-order valence-corrected chi connectivity index (χ1v) is 7.64. The van der Waals surface area contributed by atoms with Gasteiger partial charge in [-0.05, 0) is 25.5 Å². The summed E-state index contributed by atoms with van der Waals surface area (Å²) in [5, 5.41) is 15.3. The number of rotatable bonds is 4. The molecule has 0 fully saturated rings. The first kappa shape index (κ1) is 14.4. The Morgan fingerprint density at radius 2 is 1.68 bits per heavy atom. The summed E-state index contributed by atoms with van der Waals surface area (Å²) < 4.78 is 1.84. The molecule has 112 valence electrons. The summed E-state index contributed by atoms with van der Waals surface area (Å²) in [5.41, 5.74) is 4.64. The molecule has 22 heavy (non-hydrogen) atoms. The van der Waals surface area contributed by atoms with Gasteiger partial charge in [-0.3, -0.25) is 0 Å². The molecule has 0 spiro atoms. The molecular weight excluding hydrogens is 272 g/mol. The molecule has 0 atom stereocenters. The normalized spacial score (nSPS) is 10.8. The van der Waals surface area contributed by atoms with E-state index in [1.807, 2.05) is 47.1 Å². The van der Waals surface area contributed by atoms with Crippen LogP contribution in [0.5, 0.6) is 5.75 Å². The maximum atomic E-state index is 10.6. The number of nitrogens with zero attached hydrogens (tertiary/aromatic N) is 2. The fourth-order valence-electron chi connectivity index (χ4n) is 2.59. The molecule has 0 aliphatic carbocycles. The third-order valence-corrected chi connectivity index (χ3v) is 3.74. The van der Waals surface area contributed by atoms with Gasteiger partial charge in [0.1, 0.15) is 11.4 Å². The summed E-state index contributed by atoms with van der Waals surface area (Å²) in [5.74, 6) is 0.286. The van der Waals surface area contributed by atoms with Crippen LogP contribution in [-0.2, 0) is 6.42 Å². The summed E-state index contributed by atoms with van der Waals surface area (Å²) in [4.78, 5) is 0. The Morgan fingerprint density at radius 1 is 1.00 bits per heavy atom. The first-order chi connectivity index (χ1) is 10.7. The number of benzene rings is 2. The van der Waals surface area contributed by atoms with Crippen molar-refractivity contribution in [3.8, 4) is 22.7 Å². The van der Waals surface area contributed by atoms with E-state index in [9.17, 15) is 5.11 Å². The highest BCUT2D eigenvalue weighted by molar-refractivity contribution is 5.70. The Labute approximate surface area is 130 Å². The van der Waals surface area contributed by atoms with Crippen molar-refractivity contribution in [1.29, 1.82) is 0 Å². The van der Waals surface area contributed by atoms with E-state index >= 15 is 0 Å². The van der Waals surface area contributed by atoms with Crippen LogP contribution in [0.25, 0.3) is 16.9 Å². The molecule has 1 N–H and O–H groups in total. The van der Waals surface area contributed by atoms with Crippen LogP contribution in [0.1, 0.15) is 24.6 Å². The lowest BCUT2D eigenvalue weighted by Crippen LogP contribution is -1.99. The van der Waals surface area contributed by atoms with E-state index in [1.54, 1.807) is 0 Å². The molecule has 0 aliphatic rings. The van der Waals surface area contributed by atoms with E-state index in [4.69, 9.17) is 0 Å². The summed E-state index contributed by atoms with van der Waals surface area (Å²) in [6, 6.07) is 18.1. The second kappa shape index (κ2) is 6.06. The molecule has 0 saturated heterocycles. The molecule has 1 aromatic heterocycles. The maximum Gasteiger partial charge on any atom is 0.165 e. The summed E-state index contributed by atoms with van der Waals surface area (Å²) in [6.45, 7) is 4.15. The topological polar surface area (TPSA) is 38.0 Å². The predicted octanol–water partition coefficient (Wildman–Crippen LogP) is 4.51. The van der Waals surface area contributed by atoms with Gasteiger partial charge in [-0.15, -0.1) is 0 Å². The summed E-state index contributed by atoms with van der Waals surface area (Å²) in [6.07, 6.45) is 1.72. The molecule has 1 heterocycles. The van der Waals surface area contributed by atoms with Crippen LogP contribution in [0.15, 0.2) is 54.6 Å². The maximum absolute atomic E-state index is 10.6. The molecular formula is C19H20N2O. The Kier molecular flexibility index (Phi) is 3.96. The number of hydrogen-bond acceptors (Lipinski definition) is 2. The van der Waals surface area contributed by atoms with Gasteiger partial charge in [0.25, 0.3) is 0 Å². The van der Waals surface area contributed by atoms with Gasteiger partial charge in [0, 0.05) is 5.56 Å². The van der Waals surface area contributed by atoms with Crippen molar-refractivity contribution in [3.05, 3.63) is 65.9 Å². The lowest BCUT2D eigenvalue weighted by atomic mass is 10.1. The molecule has 2 aromatic carbocycles. The number of aromatic nitrogens is 2. The zero-order valence-electron chi connectivity index (χ0n) is 13.0. The molecule has 3 rings (SSSR count). The van der Waals surface area contributed by atoms with Crippen molar-refractivity contribution in [3.63, 3.8) is 0 Å². The van der Waals surface area contributed by atoms with E-state index in [1.165, 1.54) is 5.56 Å². The molecule has 0 bridgehead atoms. The van der Waals surface area contributed by atoms with Crippen molar-refractivity contribution in [2.75, 3.05) is 0 Å². The van der Waals surface area contributed by atoms with Gasteiger partial charge in [0.2, 0.25) is 0 Å². The molecule has 3 aromatic rings. The molecule has 0 amide bonds. The number of aryl methyl sites for hydroxylation is 2. The SMILES string of the molecule is CCCc1nn(-c2ccc(C)cc2)c(-c2ccccc2)c1O. The van der Waals surface area contributed by atoms with Gasteiger partial charge in [0.05, 0.1) is 5.69 Å². The fourth-order valence-corrected chi connectivity index (χ4v) is 2.59. The molecule has 0 radical (unpaired) electrons. The lowest BCUT2D eigenvalue weighted by molar-refractivity contribution is 0.469. The minimum absolute atomic E-state index is 0.286. The zero-order chi connectivity index (χ0) is 15.5. The molecule has 0 aliphatic heterocycles. The van der Waals surface area contributed by atoms with Crippen LogP contribution in [-0.4, -0.2) is 14.9 Å². The highest BCUT2D eigenvalue weighted by Crippen LogP contribution is 2.34. The largest absolute Gasteiger partial charge is 0.504 e. The van der Waals surface area contributed by atoms with Crippen molar-refractivity contribution in [2.24, 2.45) is 0 Å². The van der Waals surface area contributed by atoms with E-state index in [0.29, 0.717) is 0 Å². The third-order valence-electron chi connectivity index (χ3n) is 3.74. The Morgan fingerprint density at radius 3 is 2.32 bits per heavy atom. The highest BCUT2D eigenvalue weighted by Gasteiger charge is 2.19. The van der Waals surface area contributed by atoms with Crippen LogP contribution in [0, 0.1) is 6.92 Å². The van der Waals surface area contributed by atoms with Gasteiger partial charge >= 0.3 is 0 Å². The van der Waals surface area contributed by atoms with Gasteiger partial charge in [-0.2, -0.15) is 5.10 Å². The van der Waals surface area contributed by atoms with Crippen molar-refractivity contribution < 1.29 is 5.11 Å². The van der Waals surface area contributed by atoms with Crippen LogP contribution < -0.4 is 0 Å². The summed E-state index contributed by atoms with van der Waals surface area (Å²) in [7, 11) is 0. The number of aromatic hydroxyl groups is 1. The molecule has 0 saturated carbocycles. The van der Waals surface area contributed by atoms with E-state index in [0.717, 1.165) is 35.5 Å². The molecule has 3 nitrogen and oxygen atoms in total. The van der Waals surface area contributed by atoms with Gasteiger partial charge in [-0.1, -0.05) is 61.4 Å². The standard InChI is InChI=1S/C19H20N2O/c1-3-7-17-19(22)18(15-8-5-4-6-9-15)21(20-17)16-12-10-14(2)11-13-16/h4-6,8-13,22H,3,7H2,1-2H3. The van der Waals surface area contributed by atoms with E-state index in [-0.39, 0.29) is 5.75 Å². The average molecular weight is 292 g/mol. The zero-order valence-corrected chi connectivity index (χ0v) is 13.0. The average Bonchev–Trinajstić information content (AvgIpc) is 2.86. The van der Waals surface area contributed by atoms with Crippen molar-refractivity contribution in [1.82, 2.24) is 9.78 Å². The van der Waals surface area contributed by atoms with E-state index in [2.05, 4.69) is 31.1 Å². The quantitative estimate of drug-likeness (QED) is 0.768. The van der Waals surface area contributed by atoms with Crippen LogP contribution in [0.3, 0.4) is 0 Å². The van der Waals surface area contributed by atoms with Crippen molar-refractivity contribution >= 4 is 0 Å². The smallest absolute Gasteiger partial charge is 0.165 e. The predicted molar refractivity (Wildman–Crippen MR) is 89.4 cm³/mol. The second-order valence-corrected chi connectivity index (χ2v) is 5.51.